The van der Waals surface area contributed by atoms with Crippen molar-refractivity contribution in [2.75, 3.05) is 10.6 Å². The van der Waals surface area contributed by atoms with Crippen molar-refractivity contribution in [2.24, 2.45) is 0 Å². The quantitative estimate of drug-likeness (QED) is 0.427. The van der Waals surface area contributed by atoms with Crippen LogP contribution in [0.3, 0.4) is 0 Å². The molecule has 3 atom stereocenters. The second kappa shape index (κ2) is 8.59. The van der Waals surface area contributed by atoms with Crippen LogP contribution in [0.15, 0.2) is 59.1 Å². The van der Waals surface area contributed by atoms with Gasteiger partial charge in [-0.05, 0) is 42.3 Å². The van der Waals surface area contributed by atoms with Crippen LogP contribution >= 0.6 is 15.9 Å². The third-order valence-electron chi connectivity index (χ3n) is 5.32. The van der Waals surface area contributed by atoms with Gasteiger partial charge in [0.2, 0.25) is 0 Å². The zero-order chi connectivity index (χ0) is 23.0. The number of anilines is 2. The maximum Gasteiger partial charge on any atom is 0.410 e. The molecule has 0 aliphatic carbocycles. The highest BCUT2D eigenvalue weighted by Crippen LogP contribution is 2.43. The number of nitrogens with zero attached hydrogens (tertiary/aromatic N) is 2. The number of hydrogen-bond donors (Lipinski definition) is 3. The van der Waals surface area contributed by atoms with E-state index in [-0.39, 0.29) is 17.9 Å². The highest BCUT2D eigenvalue weighted by atomic mass is 79.9. The average molecular weight is 509 g/mol. The van der Waals surface area contributed by atoms with Crippen molar-refractivity contribution in [3.8, 4) is 0 Å². The second-order valence-electron chi connectivity index (χ2n) is 7.66. The van der Waals surface area contributed by atoms with Crippen LogP contribution in [0.2, 0.25) is 0 Å². The molecule has 1 aliphatic rings. The van der Waals surface area contributed by atoms with E-state index in [9.17, 15) is 23.1 Å². The van der Waals surface area contributed by atoms with Crippen molar-refractivity contribution >= 4 is 33.3 Å². The normalized spacial score (nSPS) is 19.1. The average Bonchev–Trinajstić information content (AvgIpc) is 3.17. The molecule has 0 saturated carbocycles. The number of rotatable bonds is 4. The zero-order valence-corrected chi connectivity index (χ0v) is 18.5. The molecule has 6 nitrogen and oxygen atoms in total. The Hall–Kier alpha value is -2.85. The van der Waals surface area contributed by atoms with Gasteiger partial charge in [0, 0.05) is 22.6 Å². The molecule has 4 rings (SSSR count). The predicted molar refractivity (Wildman–Crippen MR) is 117 cm³/mol. The Balaban J connectivity index is 1.62. The van der Waals surface area contributed by atoms with Gasteiger partial charge in [0.25, 0.3) is 5.91 Å². The summed E-state index contributed by atoms with van der Waals surface area (Å²) in [5.74, 6) is -0.521. The molecule has 0 radical (unpaired) electrons. The number of carbonyl (C=O) groups excluding carboxylic acids is 1. The third kappa shape index (κ3) is 4.66. The van der Waals surface area contributed by atoms with Gasteiger partial charge in [0.1, 0.15) is 5.82 Å². The van der Waals surface area contributed by atoms with Gasteiger partial charge in [-0.1, -0.05) is 40.2 Å². The summed E-state index contributed by atoms with van der Waals surface area (Å²) in [4.78, 5) is 12.7. The fourth-order valence-electron chi connectivity index (χ4n) is 3.67. The van der Waals surface area contributed by atoms with Crippen LogP contribution in [0.4, 0.5) is 24.7 Å². The molecule has 0 unspecified atom stereocenters. The molecule has 168 valence electrons. The lowest BCUT2D eigenvalue weighted by Crippen LogP contribution is -2.35. The van der Waals surface area contributed by atoms with E-state index < -0.39 is 30.3 Å². The second-order valence-corrected chi connectivity index (χ2v) is 8.57. The Morgan fingerprint density at radius 2 is 1.97 bits per heavy atom. The Kier molecular flexibility index (Phi) is 6.00. The maximum absolute atomic E-state index is 13.8. The van der Waals surface area contributed by atoms with Gasteiger partial charge in [-0.25, -0.2) is 4.68 Å². The Labute approximate surface area is 190 Å². The summed E-state index contributed by atoms with van der Waals surface area (Å²) in [6.45, 7) is 1.59. The number of aliphatic hydroxyl groups is 1. The number of benzene rings is 2. The number of halogens is 4. The summed E-state index contributed by atoms with van der Waals surface area (Å²) in [5, 5.41) is 19.4. The van der Waals surface area contributed by atoms with Crippen molar-refractivity contribution in [3.05, 3.63) is 75.9 Å². The monoisotopic (exact) mass is 508 g/mol. The number of alkyl halides is 3. The Morgan fingerprint density at radius 1 is 1.25 bits per heavy atom. The summed E-state index contributed by atoms with van der Waals surface area (Å²) in [7, 11) is 0. The molecule has 2 heterocycles. The molecule has 3 N–H and O–H groups in total. The standard InChI is InChI=1S/C22H20BrF3N4O2/c1-12(31)14-3-2-4-16(9-14)27-21(32)18-11-20-28-17(13-5-7-15(23)8-6-13)10-19(22(24,25)26)30(20)29-18/h2-9,11-12,17,19,28,31H,10H2,1H3,(H,27,32)/t12-,17-,19+/m1/s1. The van der Waals surface area contributed by atoms with E-state index in [1.54, 1.807) is 55.5 Å². The molecule has 0 fully saturated rings. The highest BCUT2D eigenvalue weighted by Gasteiger charge is 2.46. The number of aromatic nitrogens is 2. The minimum atomic E-state index is -4.53. The summed E-state index contributed by atoms with van der Waals surface area (Å²) in [6, 6.07) is 12.5. The third-order valence-corrected chi connectivity index (χ3v) is 5.85. The molecule has 1 amide bonds. The SMILES string of the molecule is C[C@@H](O)c1cccc(NC(=O)c2cc3n(n2)[C@H](C(F)(F)F)C[C@H](c2ccc(Br)cc2)N3)c1. The first-order valence-corrected chi connectivity index (χ1v) is 10.7. The van der Waals surface area contributed by atoms with E-state index in [2.05, 4.69) is 31.7 Å². The number of nitrogens with one attached hydrogen (secondary N) is 2. The van der Waals surface area contributed by atoms with Crippen molar-refractivity contribution in [3.63, 3.8) is 0 Å². The number of fused-ring (bicyclic) bond motifs is 1. The van der Waals surface area contributed by atoms with Gasteiger partial charge >= 0.3 is 6.18 Å². The van der Waals surface area contributed by atoms with Gasteiger partial charge in [-0.15, -0.1) is 0 Å². The fraction of sp³-hybridized carbons (Fsp3) is 0.273. The smallest absolute Gasteiger partial charge is 0.389 e. The molecular formula is C22H20BrF3N4O2. The van der Waals surface area contributed by atoms with Crippen LogP contribution in [-0.4, -0.2) is 27.0 Å². The van der Waals surface area contributed by atoms with Crippen LogP contribution < -0.4 is 10.6 Å². The minimum Gasteiger partial charge on any atom is -0.389 e. The molecule has 1 aromatic heterocycles. The van der Waals surface area contributed by atoms with Crippen LogP contribution in [0, 0.1) is 0 Å². The first-order valence-electron chi connectivity index (χ1n) is 9.89. The van der Waals surface area contributed by atoms with Crippen molar-refractivity contribution in [1.29, 1.82) is 0 Å². The maximum atomic E-state index is 13.8. The number of carbonyl (C=O) groups is 1. The zero-order valence-electron chi connectivity index (χ0n) is 16.9. The van der Waals surface area contributed by atoms with E-state index in [1.807, 2.05) is 0 Å². The number of hydrogen-bond acceptors (Lipinski definition) is 4. The van der Waals surface area contributed by atoms with Gasteiger partial charge in [-0.3, -0.25) is 4.79 Å². The van der Waals surface area contributed by atoms with Crippen molar-refractivity contribution < 1.29 is 23.1 Å². The molecule has 1 aliphatic heterocycles. The minimum absolute atomic E-state index is 0.120. The van der Waals surface area contributed by atoms with Crippen LogP contribution in [0.25, 0.3) is 0 Å². The molecule has 10 heteroatoms. The van der Waals surface area contributed by atoms with Crippen LogP contribution in [-0.2, 0) is 0 Å². The van der Waals surface area contributed by atoms with Gasteiger partial charge < -0.3 is 15.7 Å². The molecule has 32 heavy (non-hydrogen) atoms. The first kappa shape index (κ1) is 22.3. The molecule has 3 aromatic rings. The van der Waals surface area contributed by atoms with Crippen LogP contribution in [0.5, 0.6) is 0 Å². The summed E-state index contributed by atoms with van der Waals surface area (Å²) in [5.41, 5.74) is 1.58. The van der Waals surface area contributed by atoms with E-state index >= 15 is 0 Å². The fourth-order valence-corrected chi connectivity index (χ4v) is 3.93. The lowest BCUT2D eigenvalue weighted by atomic mass is 9.97. The van der Waals surface area contributed by atoms with Gasteiger partial charge in [0.15, 0.2) is 11.7 Å². The topological polar surface area (TPSA) is 79.2 Å². The molecule has 0 saturated heterocycles. The lowest BCUT2D eigenvalue weighted by molar-refractivity contribution is -0.173. The van der Waals surface area contributed by atoms with E-state index in [0.717, 1.165) is 9.15 Å². The van der Waals surface area contributed by atoms with Gasteiger partial charge in [-0.2, -0.15) is 18.3 Å². The first-order chi connectivity index (χ1) is 15.1. The summed E-state index contributed by atoms with van der Waals surface area (Å²) < 4.78 is 43.1. The summed E-state index contributed by atoms with van der Waals surface area (Å²) >= 11 is 3.32. The van der Waals surface area contributed by atoms with Crippen molar-refractivity contribution in [1.82, 2.24) is 9.78 Å². The highest BCUT2D eigenvalue weighted by molar-refractivity contribution is 9.10. The largest absolute Gasteiger partial charge is 0.410 e. The van der Waals surface area contributed by atoms with Gasteiger partial charge in [0.05, 0.1) is 12.1 Å². The lowest BCUT2D eigenvalue weighted by Gasteiger charge is -2.33. The Bertz CT molecular complexity index is 1130. The Morgan fingerprint density at radius 3 is 2.62 bits per heavy atom. The van der Waals surface area contributed by atoms with Crippen LogP contribution in [0.1, 0.15) is 53.1 Å². The van der Waals surface area contributed by atoms with E-state index in [4.69, 9.17) is 0 Å². The summed E-state index contributed by atoms with van der Waals surface area (Å²) in [6.07, 6.45) is -5.51. The number of aliphatic hydroxyl groups excluding tert-OH is 1. The predicted octanol–water partition coefficient (Wildman–Crippen LogP) is 5.61. The molecular weight excluding hydrogens is 489 g/mol. The molecule has 2 aromatic carbocycles. The molecule has 0 spiro atoms. The van der Waals surface area contributed by atoms with E-state index in [0.29, 0.717) is 16.8 Å². The van der Waals surface area contributed by atoms with Crippen molar-refractivity contribution in [2.45, 2.75) is 37.7 Å². The molecule has 0 bridgehead atoms. The number of amides is 1. The van der Waals surface area contributed by atoms with E-state index in [1.165, 1.54) is 6.07 Å².